The standard InChI is InChI=1S/C15H21ClN2/c16-9-12-4-1-5-13(12)10-17-15-8-7-11-3-2-6-14(11)18-15/h7-8,12-13H,1-6,9-10H2,(H,17,18). The molecule has 1 N–H and O–H groups in total. The zero-order valence-electron chi connectivity index (χ0n) is 10.8. The monoisotopic (exact) mass is 264 g/mol. The molecule has 1 heterocycles. The van der Waals surface area contributed by atoms with Gasteiger partial charge < -0.3 is 5.32 Å². The molecule has 2 atom stereocenters. The summed E-state index contributed by atoms with van der Waals surface area (Å²) in [6.07, 6.45) is 7.57. The van der Waals surface area contributed by atoms with Gasteiger partial charge in [-0.2, -0.15) is 0 Å². The summed E-state index contributed by atoms with van der Waals surface area (Å²) in [6, 6.07) is 4.38. The van der Waals surface area contributed by atoms with E-state index in [1.807, 2.05) is 0 Å². The number of pyridine rings is 1. The van der Waals surface area contributed by atoms with Gasteiger partial charge in [0.1, 0.15) is 5.82 Å². The molecule has 0 saturated heterocycles. The molecule has 2 nitrogen and oxygen atoms in total. The second-order valence-corrected chi connectivity index (χ2v) is 5.95. The second kappa shape index (κ2) is 5.48. The quantitative estimate of drug-likeness (QED) is 0.840. The third-order valence-corrected chi connectivity index (χ3v) is 4.88. The molecule has 0 aliphatic heterocycles. The van der Waals surface area contributed by atoms with Crippen molar-refractivity contribution in [2.45, 2.75) is 38.5 Å². The number of anilines is 1. The van der Waals surface area contributed by atoms with E-state index in [1.165, 1.54) is 43.4 Å². The Labute approximate surface area is 114 Å². The third-order valence-electron chi connectivity index (χ3n) is 4.49. The minimum Gasteiger partial charge on any atom is -0.370 e. The van der Waals surface area contributed by atoms with Crippen LogP contribution in [0.15, 0.2) is 12.1 Å². The number of nitrogens with one attached hydrogen (secondary N) is 1. The first-order valence-electron chi connectivity index (χ1n) is 7.15. The van der Waals surface area contributed by atoms with Crippen LogP contribution in [0.5, 0.6) is 0 Å². The number of fused-ring (bicyclic) bond motifs is 1. The molecule has 98 valence electrons. The van der Waals surface area contributed by atoms with Gasteiger partial charge in [0.15, 0.2) is 0 Å². The van der Waals surface area contributed by atoms with Gasteiger partial charge in [0.2, 0.25) is 0 Å². The number of rotatable bonds is 4. The fourth-order valence-electron chi connectivity index (χ4n) is 3.34. The maximum absolute atomic E-state index is 6.02. The molecular weight excluding hydrogens is 244 g/mol. The van der Waals surface area contributed by atoms with Crippen molar-refractivity contribution in [3.8, 4) is 0 Å². The van der Waals surface area contributed by atoms with Gasteiger partial charge in [-0.25, -0.2) is 4.98 Å². The van der Waals surface area contributed by atoms with Crippen molar-refractivity contribution in [3.63, 3.8) is 0 Å². The molecule has 2 unspecified atom stereocenters. The Bertz CT molecular complexity index is 419. The van der Waals surface area contributed by atoms with E-state index in [-0.39, 0.29) is 0 Å². The van der Waals surface area contributed by atoms with E-state index in [4.69, 9.17) is 16.6 Å². The van der Waals surface area contributed by atoms with Crippen molar-refractivity contribution in [3.05, 3.63) is 23.4 Å². The van der Waals surface area contributed by atoms with Crippen LogP contribution in [-0.2, 0) is 12.8 Å². The van der Waals surface area contributed by atoms with Crippen LogP contribution in [0.4, 0.5) is 5.82 Å². The van der Waals surface area contributed by atoms with Crippen LogP contribution in [0.1, 0.15) is 36.9 Å². The Kier molecular flexibility index (Phi) is 3.74. The minimum absolute atomic E-state index is 0.702. The molecule has 0 bridgehead atoms. The number of halogens is 1. The van der Waals surface area contributed by atoms with E-state index in [9.17, 15) is 0 Å². The molecular formula is C15H21ClN2. The molecule has 0 amide bonds. The fraction of sp³-hybridized carbons (Fsp3) is 0.667. The largest absolute Gasteiger partial charge is 0.370 e. The summed E-state index contributed by atoms with van der Waals surface area (Å²) in [5.41, 5.74) is 2.75. The first-order chi connectivity index (χ1) is 8.86. The zero-order valence-corrected chi connectivity index (χ0v) is 11.5. The predicted molar refractivity (Wildman–Crippen MR) is 76.3 cm³/mol. The molecule has 0 spiro atoms. The Balaban J connectivity index is 1.60. The van der Waals surface area contributed by atoms with Crippen LogP contribution in [0.25, 0.3) is 0 Å². The molecule has 1 aromatic rings. The molecule has 2 aliphatic rings. The van der Waals surface area contributed by atoms with Gasteiger partial charge in [-0.05, 0) is 55.6 Å². The maximum atomic E-state index is 6.02. The van der Waals surface area contributed by atoms with Crippen molar-refractivity contribution in [2.24, 2.45) is 11.8 Å². The highest BCUT2D eigenvalue weighted by Crippen LogP contribution is 2.32. The van der Waals surface area contributed by atoms with Crippen molar-refractivity contribution in [1.82, 2.24) is 4.98 Å². The van der Waals surface area contributed by atoms with Crippen LogP contribution in [0, 0.1) is 11.8 Å². The fourth-order valence-corrected chi connectivity index (χ4v) is 3.75. The number of hydrogen-bond acceptors (Lipinski definition) is 2. The summed E-state index contributed by atoms with van der Waals surface area (Å²) in [4.78, 5) is 4.72. The molecule has 3 rings (SSSR count). The Hall–Kier alpha value is -0.760. The van der Waals surface area contributed by atoms with Gasteiger partial charge in [-0.3, -0.25) is 0 Å². The molecule has 1 saturated carbocycles. The molecule has 0 aromatic carbocycles. The van der Waals surface area contributed by atoms with Gasteiger partial charge in [-0.15, -0.1) is 11.6 Å². The number of aryl methyl sites for hydroxylation is 2. The first kappa shape index (κ1) is 12.3. The van der Waals surface area contributed by atoms with Crippen LogP contribution < -0.4 is 5.32 Å². The Morgan fingerprint density at radius 1 is 1.17 bits per heavy atom. The average Bonchev–Trinajstić information content (AvgIpc) is 3.04. The van der Waals surface area contributed by atoms with Gasteiger partial charge in [0, 0.05) is 18.1 Å². The van der Waals surface area contributed by atoms with Crippen molar-refractivity contribution < 1.29 is 0 Å². The molecule has 2 aliphatic carbocycles. The molecule has 3 heteroatoms. The maximum Gasteiger partial charge on any atom is 0.126 e. The van der Waals surface area contributed by atoms with E-state index < -0.39 is 0 Å². The lowest BCUT2D eigenvalue weighted by Crippen LogP contribution is -2.20. The molecule has 0 radical (unpaired) electrons. The van der Waals surface area contributed by atoms with E-state index >= 15 is 0 Å². The van der Waals surface area contributed by atoms with Crippen LogP contribution in [-0.4, -0.2) is 17.4 Å². The molecule has 1 fully saturated rings. The van der Waals surface area contributed by atoms with E-state index in [2.05, 4.69) is 17.4 Å². The Morgan fingerprint density at radius 2 is 2.06 bits per heavy atom. The van der Waals surface area contributed by atoms with Crippen LogP contribution >= 0.6 is 11.6 Å². The van der Waals surface area contributed by atoms with Crippen LogP contribution in [0.3, 0.4) is 0 Å². The lowest BCUT2D eigenvalue weighted by Gasteiger charge is -2.18. The average molecular weight is 265 g/mol. The zero-order chi connectivity index (χ0) is 12.4. The lowest BCUT2D eigenvalue weighted by molar-refractivity contribution is 0.444. The van der Waals surface area contributed by atoms with Gasteiger partial charge in [0.05, 0.1) is 0 Å². The summed E-state index contributed by atoms with van der Waals surface area (Å²) in [6.45, 7) is 1.03. The third kappa shape index (κ3) is 2.49. The summed E-state index contributed by atoms with van der Waals surface area (Å²) in [5, 5.41) is 3.51. The first-order valence-corrected chi connectivity index (χ1v) is 7.69. The number of aromatic nitrogens is 1. The van der Waals surface area contributed by atoms with E-state index in [0.29, 0.717) is 5.92 Å². The van der Waals surface area contributed by atoms with Crippen molar-refractivity contribution in [2.75, 3.05) is 17.7 Å². The highest BCUT2D eigenvalue weighted by atomic mass is 35.5. The topological polar surface area (TPSA) is 24.9 Å². The minimum atomic E-state index is 0.702. The normalized spacial score (nSPS) is 26.3. The molecule has 18 heavy (non-hydrogen) atoms. The summed E-state index contributed by atoms with van der Waals surface area (Å²) in [7, 11) is 0. The highest BCUT2D eigenvalue weighted by Gasteiger charge is 2.26. The van der Waals surface area contributed by atoms with Gasteiger partial charge in [0.25, 0.3) is 0 Å². The van der Waals surface area contributed by atoms with Gasteiger partial charge >= 0.3 is 0 Å². The summed E-state index contributed by atoms with van der Waals surface area (Å²) >= 11 is 6.02. The van der Waals surface area contributed by atoms with E-state index in [0.717, 1.165) is 30.6 Å². The van der Waals surface area contributed by atoms with E-state index in [1.54, 1.807) is 0 Å². The summed E-state index contributed by atoms with van der Waals surface area (Å²) in [5.74, 6) is 3.30. The molecule has 1 aromatic heterocycles. The van der Waals surface area contributed by atoms with Crippen molar-refractivity contribution in [1.29, 1.82) is 0 Å². The van der Waals surface area contributed by atoms with Crippen molar-refractivity contribution >= 4 is 17.4 Å². The SMILES string of the molecule is ClCC1CCCC1CNc1ccc2c(n1)CCC2. The van der Waals surface area contributed by atoms with Crippen LogP contribution in [0.2, 0.25) is 0 Å². The number of alkyl halides is 1. The highest BCUT2D eigenvalue weighted by molar-refractivity contribution is 6.18. The summed E-state index contributed by atoms with van der Waals surface area (Å²) < 4.78 is 0. The number of nitrogens with zero attached hydrogens (tertiary/aromatic N) is 1. The number of hydrogen-bond donors (Lipinski definition) is 1. The lowest BCUT2D eigenvalue weighted by atomic mass is 9.98. The Morgan fingerprint density at radius 3 is 2.94 bits per heavy atom. The second-order valence-electron chi connectivity index (χ2n) is 5.64. The van der Waals surface area contributed by atoms with Gasteiger partial charge in [-0.1, -0.05) is 12.5 Å². The predicted octanol–water partition coefficient (Wildman–Crippen LogP) is 3.64. The smallest absolute Gasteiger partial charge is 0.126 e.